The Hall–Kier alpha value is -1.56. The quantitative estimate of drug-likeness (QED) is 0.613. The van der Waals surface area contributed by atoms with E-state index in [9.17, 15) is 17.6 Å². The van der Waals surface area contributed by atoms with Gasteiger partial charge in [0.25, 0.3) is 0 Å². The van der Waals surface area contributed by atoms with Gasteiger partial charge in [-0.1, -0.05) is 0 Å². The molecule has 0 heterocycles. The Labute approximate surface area is 85.7 Å². The molecule has 1 aromatic rings. The van der Waals surface area contributed by atoms with Gasteiger partial charge in [0.05, 0.1) is 4.90 Å². The van der Waals surface area contributed by atoms with Crippen molar-refractivity contribution in [2.75, 3.05) is 7.05 Å². The molecule has 0 aliphatic carbocycles. The number of benzene rings is 1. The summed E-state index contributed by atoms with van der Waals surface area (Å²) in [5.74, 6) is -0.784. The summed E-state index contributed by atoms with van der Waals surface area (Å²) in [6.07, 6.45) is 1.14. The van der Waals surface area contributed by atoms with Gasteiger partial charge in [-0.2, -0.15) is 4.99 Å². The highest BCUT2D eigenvalue weighted by Crippen LogP contribution is 2.21. The third kappa shape index (κ3) is 2.47. The molecule has 0 unspecified atom stereocenters. The minimum absolute atomic E-state index is 0.166. The van der Waals surface area contributed by atoms with Crippen molar-refractivity contribution in [3.8, 4) is 0 Å². The number of halogens is 1. The van der Waals surface area contributed by atoms with Crippen LogP contribution in [0.4, 0.5) is 10.1 Å². The van der Waals surface area contributed by atoms with Crippen LogP contribution in [0.3, 0.4) is 0 Å². The molecule has 80 valence electrons. The minimum atomic E-state index is -3.66. The fourth-order valence-corrected chi connectivity index (χ4v) is 1.66. The molecule has 0 fully saturated rings. The maximum absolute atomic E-state index is 13.0. The zero-order valence-electron chi connectivity index (χ0n) is 7.69. The van der Waals surface area contributed by atoms with E-state index in [1.807, 2.05) is 0 Å². The summed E-state index contributed by atoms with van der Waals surface area (Å²) in [5, 5.41) is 0. The average Bonchev–Trinajstić information content (AvgIpc) is 2.21. The lowest BCUT2D eigenvalue weighted by Crippen LogP contribution is -2.18. The van der Waals surface area contributed by atoms with Gasteiger partial charge >= 0.3 is 0 Å². The molecule has 1 rings (SSSR count). The Morgan fingerprint density at radius 2 is 2.13 bits per heavy atom. The molecule has 0 aliphatic rings. The van der Waals surface area contributed by atoms with Gasteiger partial charge in [-0.25, -0.2) is 22.3 Å². The van der Waals surface area contributed by atoms with Gasteiger partial charge in [-0.05, 0) is 25.2 Å². The van der Waals surface area contributed by atoms with Gasteiger partial charge in [0.2, 0.25) is 16.1 Å². The lowest BCUT2D eigenvalue weighted by molar-refractivity contribution is 0.564. The third-order valence-electron chi connectivity index (χ3n) is 1.66. The fraction of sp³-hybridized carbons (Fsp3) is 0.125. The monoisotopic (exact) mass is 230 g/mol. The summed E-state index contributed by atoms with van der Waals surface area (Å²) in [5.41, 5.74) is -0.360. The number of aliphatic imine (C=N–C) groups is 1. The Balaban J connectivity index is 3.37. The SMILES string of the molecule is CNS(=O)(=O)c1ccc(F)c(N=C=O)c1. The smallest absolute Gasteiger partial charge is 0.214 e. The molecule has 0 atom stereocenters. The number of nitrogens with zero attached hydrogens (tertiary/aromatic N) is 1. The van der Waals surface area contributed by atoms with Crippen LogP contribution in [-0.2, 0) is 14.8 Å². The average molecular weight is 230 g/mol. The molecule has 5 nitrogen and oxygen atoms in total. The van der Waals surface area contributed by atoms with E-state index in [0.717, 1.165) is 24.3 Å². The molecule has 0 amide bonds. The first-order valence-electron chi connectivity index (χ1n) is 3.82. The van der Waals surface area contributed by atoms with E-state index in [1.165, 1.54) is 7.05 Å². The highest BCUT2D eigenvalue weighted by molar-refractivity contribution is 7.89. The summed E-state index contributed by atoms with van der Waals surface area (Å²) in [6.45, 7) is 0. The predicted octanol–water partition coefficient (Wildman–Crippen LogP) is 0.701. The van der Waals surface area contributed by atoms with Crippen molar-refractivity contribution < 1.29 is 17.6 Å². The van der Waals surface area contributed by atoms with Crippen LogP contribution >= 0.6 is 0 Å². The molecule has 0 saturated heterocycles. The highest BCUT2D eigenvalue weighted by atomic mass is 32.2. The number of hydrogen-bond donors (Lipinski definition) is 1. The second-order valence-corrected chi connectivity index (χ2v) is 4.41. The van der Waals surface area contributed by atoms with E-state index in [1.54, 1.807) is 0 Å². The zero-order chi connectivity index (χ0) is 11.5. The van der Waals surface area contributed by atoms with Crippen molar-refractivity contribution in [2.24, 2.45) is 4.99 Å². The van der Waals surface area contributed by atoms with E-state index in [2.05, 4.69) is 9.71 Å². The van der Waals surface area contributed by atoms with E-state index in [0.29, 0.717) is 0 Å². The Kier molecular flexibility index (Phi) is 3.31. The van der Waals surface area contributed by atoms with E-state index < -0.39 is 15.8 Å². The Morgan fingerprint density at radius 1 is 1.47 bits per heavy atom. The highest BCUT2D eigenvalue weighted by Gasteiger charge is 2.13. The first-order valence-corrected chi connectivity index (χ1v) is 5.30. The fourth-order valence-electron chi connectivity index (χ4n) is 0.912. The normalized spacial score (nSPS) is 10.8. The largest absolute Gasteiger partial charge is 0.240 e. The van der Waals surface area contributed by atoms with Crippen molar-refractivity contribution in [3.63, 3.8) is 0 Å². The van der Waals surface area contributed by atoms with Gasteiger partial charge in [0.1, 0.15) is 11.5 Å². The molecule has 1 aromatic carbocycles. The molecular weight excluding hydrogens is 223 g/mol. The topological polar surface area (TPSA) is 75.6 Å². The van der Waals surface area contributed by atoms with Gasteiger partial charge in [0.15, 0.2) is 0 Å². The summed E-state index contributed by atoms with van der Waals surface area (Å²) in [7, 11) is -2.44. The zero-order valence-corrected chi connectivity index (χ0v) is 8.51. The Bertz CT molecular complexity index is 521. The van der Waals surface area contributed by atoms with Gasteiger partial charge in [-0.3, -0.25) is 0 Å². The predicted molar refractivity (Wildman–Crippen MR) is 50.4 cm³/mol. The van der Waals surface area contributed by atoms with E-state index in [-0.39, 0.29) is 10.6 Å². The molecule has 0 aliphatic heterocycles. The number of rotatable bonds is 3. The van der Waals surface area contributed by atoms with Crippen LogP contribution in [0.5, 0.6) is 0 Å². The van der Waals surface area contributed by atoms with Crippen LogP contribution in [0.25, 0.3) is 0 Å². The molecule has 0 aromatic heterocycles. The summed E-state index contributed by atoms with van der Waals surface area (Å²) >= 11 is 0. The van der Waals surface area contributed by atoms with Gasteiger partial charge in [0, 0.05) is 0 Å². The first kappa shape index (κ1) is 11.5. The van der Waals surface area contributed by atoms with Crippen molar-refractivity contribution >= 4 is 21.8 Å². The van der Waals surface area contributed by atoms with Crippen LogP contribution in [0, 0.1) is 5.82 Å². The van der Waals surface area contributed by atoms with Gasteiger partial charge in [-0.15, -0.1) is 0 Å². The Morgan fingerprint density at radius 3 is 2.67 bits per heavy atom. The number of carbonyl (C=O) groups excluding carboxylic acids is 1. The van der Waals surface area contributed by atoms with Crippen LogP contribution in [0.15, 0.2) is 28.1 Å². The van der Waals surface area contributed by atoms with E-state index in [4.69, 9.17) is 0 Å². The van der Waals surface area contributed by atoms with Crippen molar-refractivity contribution in [3.05, 3.63) is 24.0 Å². The second kappa shape index (κ2) is 4.31. The lowest BCUT2D eigenvalue weighted by Gasteiger charge is -2.02. The molecule has 0 radical (unpaired) electrons. The first-order chi connectivity index (χ1) is 7.01. The second-order valence-electron chi connectivity index (χ2n) is 2.52. The van der Waals surface area contributed by atoms with Crippen LogP contribution < -0.4 is 4.72 Å². The maximum atomic E-state index is 13.0. The standard InChI is InChI=1S/C8H7FN2O3S/c1-10-15(13,14)6-2-3-7(9)8(4-6)11-5-12/h2-4,10H,1H3. The minimum Gasteiger partial charge on any atom is -0.214 e. The van der Waals surface area contributed by atoms with Crippen molar-refractivity contribution in [1.82, 2.24) is 4.72 Å². The third-order valence-corrected chi connectivity index (χ3v) is 3.07. The molecule has 0 bridgehead atoms. The molecule has 0 spiro atoms. The molecule has 1 N–H and O–H groups in total. The number of isocyanates is 1. The van der Waals surface area contributed by atoms with Gasteiger partial charge < -0.3 is 0 Å². The van der Waals surface area contributed by atoms with E-state index >= 15 is 0 Å². The summed E-state index contributed by atoms with van der Waals surface area (Å²) < 4.78 is 37.6. The van der Waals surface area contributed by atoms with Crippen LogP contribution in [0.1, 0.15) is 0 Å². The number of hydrogen-bond acceptors (Lipinski definition) is 4. The van der Waals surface area contributed by atoms with Crippen LogP contribution in [-0.4, -0.2) is 21.5 Å². The molecular formula is C8H7FN2O3S. The molecule has 0 saturated carbocycles. The summed E-state index contributed by atoms with van der Waals surface area (Å²) in [4.78, 5) is 12.8. The van der Waals surface area contributed by atoms with Crippen molar-refractivity contribution in [1.29, 1.82) is 0 Å². The summed E-state index contributed by atoms with van der Waals surface area (Å²) in [6, 6.07) is 2.94. The van der Waals surface area contributed by atoms with Crippen LogP contribution in [0.2, 0.25) is 0 Å². The molecule has 15 heavy (non-hydrogen) atoms. The number of nitrogens with one attached hydrogen (secondary N) is 1. The maximum Gasteiger partial charge on any atom is 0.240 e. The molecule has 7 heteroatoms. The number of sulfonamides is 1. The van der Waals surface area contributed by atoms with Crippen molar-refractivity contribution in [2.45, 2.75) is 4.90 Å². The lowest BCUT2D eigenvalue weighted by atomic mass is 10.3.